The molecule has 0 radical (unpaired) electrons. The first-order valence-electron chi connectivity index (χ1n) is 4.28. The monoisotopic (exact) mass is 223 g/mol. The fraction of sp³-hybridized carbons (Fsp3) is 0. The van der Waals surface area contributed by atoms with Gasteiger partial charge in [0, 0.05) is 16.8 Å². The summed E-state index contributed by atoms with van der Waals surface area (Å²) in [5, 5.41) is 9.81. The molecule has 1 heterocycles. The van der Waals surface area contributed by atoms with Gasteiger partial charge in [0.15, 0.2) is 0 Å². The van der Waals surface area contributed by atoms with Gasteiger partial charge < -0.3 is 5.11 Å². The first kappa shape index (κ1) is 9.93. The van der Waals surface area contributed by atoms with Crippen molar-refractivity contribution in [3.63, 3.8) is 0 Å². The summed E-state index contributed by atoms with van der Waals surface area (Å²) in [4.78, 5) is 3.91. The van der Waals surface area contributed by atoms with Crippen LogP contribution < -0.4 is 0 Å². The van der Waals surface area contributed by atoms with Crippen molar-refractivity contribution in [2.75, 3.05) is 0 Å². The summed E-state index contributed by atoms with van der Waals surface area (Å²) < 4.78 is 13.5. The molecular formula is C11H7ClFNO. The quantitative estimate of drug-likeness (QED) is 0.805. The maximum absolute atomic E-state index is 13.5. The van der Waals surface area contributed by atoms with Crippen LogP contribution in [0.1, 0.15) is 0 Å². The van der Waals surface area contributed by atoms with Gasteiger partial charge in [0.1, 0.15) is 17.3 Å². The molecule has 2 nitrogen and oxygen atoms in total. The fourth-order valence-electron chi connectivity index (χ4n) is 1.29. The highest BCUT2D eigenvalue weighted by Gasteiger charge is 2.10. The largest absolute Gasteiger partial charge is 0.506 e. The second-order valence-electron chi connectivity index (χ2n) is 3.00. The average Bonchev–Trinajstić information content (AvgIpc) is 2.20. The summed E-state index contributed by atoms with van der Waals surface area (Å²) in [6, 6.07) is 7.25. The van der Waals surface area contributed by atoms with Gasteiger partial charge in [-0.3, -0.25) is 4.98 Å². The van der Waals surface area contributed by atoms with Gasteiger partial charge >= 0.3 is 0 Å². The van der Waals surface area contributed by atoms with E-state index in [9.17, 15) is 9.50 Å². The van der Waals surface area contributed by atoms with Crippen molar-refractivity contribution in [2.24, 2.45) is 0 Å². The van der Waals surface area contributed by atoms with Gasteiger partial charge in [0.25, 0.3) is 0 Å². The van der Waals surface area contributed by atoms with E-state index in [4.69, 9.17) is 11.6 Å². The molecule has 0 bridgehead atoms. The van der Waals surface area contributed by atoms with Crippen LogP contribution in [0.25, 0.3) is 11.3 Å². The molecule has 0 atom stereocenters. The van der Waals surface area contributed by atoms with E-state index in [1.54, 1.807) is 12.1 Å². The summed E-state index contributed by atoms with van der Waals surface area (Å²) in [6.45, 7) is 0. The van der Waals surface area contributed by atoms with Crippen LogP contribution in [-0.4, -0.2) is 10.1 Å². The highest BCUT2D eigenvalue weighted by atomic mass is 35.5. The number of rotatable bonds is 1. The lowest BCUT2D eigenvalue weighted by atomic mass is 10.1. The summed E-state index contributed by atoms with van der Waals surface area (Å²) >= 11 is 5.62. The smallest absolute Gasteiger partial charge is 0.141 e. The number of hydrogen-bond donors (Lipinski definition) is 1. The number of aromatic hydroxyl groups is 1. The van der Waals surface area contributed by atoms with Crippen molar-refractivity contribution in [1.82, 2.24) is 4.98 Å². The minimum atomic E-state index is -0.503. The second-order valence-corrected chi connectivity index (χ2v) is 3.43. The van der Waals surface area contributed by atoms with E-state index < -0.39 is 5.82 Å². The Labute approximate surface area is 91.0 Å². The van der Waals surface area contributed by atoms with Crippen LogP contribution in [0, 0.1) is 5.82 Å². The Bertz CT molecular complexity index is 502. The predicted molar refractivity (Wildman–Crippen MR) is 56.3 cm³/mol. The molecule has 4 heteroatoms. The number of halogens is 2. The Hall–Kier alpha value is -1.61. The minimum absolute atomic E-state index is 0.0567. The maximum atomic E-state index is 13.5. The van der Waals surface area contributed by atoms with Gasteiger partial charge in [-0.1, -0.05) is 11.6 Å². The molecule has 2 rings (SSSR count). The molecule has 0 amide bonds. The van der Waals surface area contributed by atoms with Gasteiger partial charge in [-0.2, -0.15) is 0 Å². The van der Waals surface area contributed by atoms with E-state index in [0.29, 0.717) is 5.02 Å². The Morgan fingerprint density at radius 2 is 2.07 bits per heavy atom. The number of pyridine rings is 1. The van der Waals surface area contributed by atoms with Crippen LogP contribution in [0.5, 0.6) is 5.75 Å². The van der Waals surface area contributed by atoms with Gasteiger partial charge in [-0.05, 0) is 30.3 Å². The number of benzene rings is 1. The molecule has 0 saturated heterocycles. The molecule has 0 aliphatic carbocycles. The van der Waals surface area contributed by atoms with E-state index in [-0.39, 0.29) is 17.0 Å². The molecule has 2 aromatic rings. The molecule has 0 saturated carbocycles. The van der Waals surface area contributed by atoms with Crippen LogP contribution in [0.15, 0.2) is 36.5 Å². The molecule has 0 aliphatic rings. The zero-order valence-electron chi connectivity index (χ0n) is 7.61. The third-order valence-electron chi connectivity index (χ3n) is 1.97. The van der Waals surface area contributed by atoms with Gasteiger partial charge in [-0.25, -0.2) is 4.39 Å². The van der Waals surface area contributed by atoms with Crippen LogP contribution in [0.4, 0.5) is 4.39 Å². The van der Waals surface area contributed by atoms with Crippen LogP contribution in [0.2, 0.25) is 5.02 Å². The molecule has 15 heavy (non-hydrogen) atoms. The molecule has 0 unspecified atom stereocenters. The van der Waals surface area contributed by atoms with Gasteiger partial charge in [0.05, 0.1) is 0 Å². The third-order valence-corrected chi connectivity index (χ3v) is 2.21. The normalized spacial score (nSPS) is 10.3. The Kier molecular flexibility index (Phi) is 2.56. The third kappa shape index (κ3) is 1.92. The molecule has 0 fully saturated rings. The van der Waals surface area contributed by atoms with Gasteiger partial charge in [-0.15, -0.1) is 0 Å². The summed E-state index contributed by atoms with van der Waals surface area (Å²) in [5.74, 6) is -0.560. The average molecular weight is 224 g/mol. The summed E-state index contributed by atoms with van der Waals surface area (Å²) in [5.41, 5.74) is 0.448. The molecule has 0 aliphatic heterocycles. The van der Waals surface area contributed by atoms with Crippen LogP contribution in [0.3, 0.4) is 0 Å². The van der Waals surface area contributed by atoms with Crippen molar-refractivity contribution in [1.29, 1.82) is 0 Å². The Morgan fingerprint density at radius 1 is 1.27 bits per heavy atom. The molecule has 0 spiro atoms. The van der Waals surface area contributed by atoms with Crippen molar-refractivity contribution in [2.45, 2.75) is 0 Å². The van der Waals surface area contributed by atoms with E-state index >= 15 is 0 Å². The molecule has 1 aromatic carbocycles. The fourth-order valence-corrected chi connectivity index (χ4v) is 1.44. The maximum Gasteiger partial charge on any atom is 0.141 e. The number of hydrogen-bond acceptors (Lipinski definition) is 2. The molecule has 1 aromatic heterocycles. The lowest BCUT2D eigenvalue weighted by Gasteiger charge is -2.04. The van der Waals surface area contributed by atoms with Crippen molar-refractivity contribution < 1.29 is 9.50 Å². The SMILES string of the molecule is Oc1cccnc1-c1ccc(Cl)cc1F. The zero-order chi connectivity index (χ0) is 10.8. The second kappa shape index (κ2) is 3.87. The zero-order valence-corrected chi connectivity index (χ0v) is 8.37. The molecule has 76 valence electrons. The highest BCUT2D eigenvalue weighted by Crippen LogP contribution is 2.29. The topological polar surface area (TPSA) is 33.1 Å². The Morgan fingerprint density at radius 3 is 2.73 bits per heavy atom. The number of nitrogens with zero attached hydrogens (tertiary/aromatic N) is 1. The van der Waals surface area contributed by atoms with Crippen LogP contribution in [-0.2, 0) is 0 Å². The van der Waals surface area contributed by atoms with Crippen molar-refractivity contribution in [3.8, 4) is 17.0 Å². The standard InChI is InChI=1S/C11H7ClFNO/c12-7-3-4-8(9(13)6-7)11-10(15)2-1-5-14-11/h1-6,15H. The van der Waals surface area contributed by atoms with Crippen LogP contribution >= 0.6 is 11.6 Å². The highest BCUT2D eigenvalue weighted by molar-refractivity contribution is 6.30. The minimum Gasteiger partial charge on any atom is -0.506 e. The first-order valence-corrected chi connectivity index (χ1v) is 4.65. The lowest BCUT2D eigenvalue weighted by Crippen LogP contribution is -1.87. The molecule has 1 N–H and O–H groups in total. The van der Waals surface area contributed by atoms with Crippen molar-refractivity contribution >= 4 is 11.6 Å². The Balaban J connectivity index is 2.60. The summed E-state index contributed by atoms with van der Waals surface area (Å²) in [6.07, 6.45) is 1.49. The first-order chi connectivity index (χ1) is 7.18. The molecular weight excluding hydrogens is 217 g/mol. The van der Waals surface area contributed by atoms with Gasteiger partial charge in [0.2, 0.25) is 0 Å². The predicted octanol–water partition coefficient (Wildman–Crippen LogP) is 3.25. The van der Waals surface area contributed by atoms with E-state index in [1.165, 1.54) is 24.4 Å². The lowest BCUT2D eigenvalue weighted by molar-refractivity contribution is 0.474. The van der Waals surface area contributed by atoms with E-state index in [1.807, 2.05) is 0 Å². The van der Waals surface area contributed by atoms with E-state index in [0.717, 1.165) is 0 Å². The number of aromatic nitrogens is 1. The summed E-state index contributed by atoms with van der Waals surface area (Å²) in [7, 11) is 0. The van der Waals surface area contributed by atoms with Crippen molar-refractivity contribution in [3.05, 3.63) is 47.4 Å². The van der Waals surface area contributed by atoms with E-state index in [2.05, 4.69) is 4.98 Å².